The second-order valence-electron chi connectivity index (χ2n) is 12.7. The number of fused-ring (bicyclic) bond motifs is 1. The predicted octanol–water partition coefficient (Wildman–Crippen LogP) is 1.52. The SMILES string of the molecule is CC(OC(=O)On1c(O)ccc1O)c1cc(CNC(=O)CCC(=O)NCCOCCOCCNC(=O)CCCCC2SCC3NC(=O)NC32)ccc1[N+](=O)[O-]. The van der Waals surface area contributed by atoms with Crippen LogP contribution in [0.5, 0.6) is 11.8 Å². The Hall–Kier alpha value is -5.28. The molecule has 1 aromatic carbocycles. The minimum Gasteiger partial charge on any atom is -0.492 e. The summed E-state index contributed by atoms with van der Waals surface area (Å²) in [6.07, 6.45) is 0.365. The fourth-order valence-electron chi connectivity index (χ4n) is 5.82. The van der Waals surface area contributed by atoms with E-state index >= 15 is 0 Å². The molecule has 4 atom stereocenters. The van der Waals surface area contributed by atoms with Crippen molar-refractivity contribution >= 4 is 47.4 Å². The lowest BCUT2D eigenvalue weighted by atomic mass is 10.0. The van der Waals surface area contributed by atoms with Gasteiger partial charge < -0.3 is 51.0 Å². The van der Waals surface area contributed by atoms with Crippen LogP contribution < -0.4 is 31.4 Å². The van der Waals surface area contributed by atoms with E-state index in [2.05, 4.69) is 26.6 Å². The van der Waals surface area contributed by atoms with Crippen molar-refractivity contribution in [2.75, 3.05) is 45.3 Å². The summed E-state index contributed by atoms with van der Waals surface area (Å²) in [5, 5.41) is 45.2. The van der Waals surface area contributed by atoms with Gasteiger partial charge in [-0.3, -0.25) is 29.3 Å². The monoisotopic (exact) mass is 793 g/mol. The van der Waals surface area contributed by atoms with Crippen molar-refractivity contribution in [1.82, 2.24) is 31.3 Å². The molecule has 2 fully saturated rings. The van der Waals surface area contributed by atoms with Gasteiger partial charge in [0.05, 0.1) is 49.0 Å². The highest BCUT2D eigenvalue weighted by Crippen LogP contribution is 2.33. The van der Waals surface area contributed by atoms with Gasteiger partial charge in [0, 0.05) is 68.1 Å². The molecular weight excluding hydrogens is 746 g/mol. The van der Waals surface area contributed by atoms with Crippen LogP contribution in [0, 0.1) is 10.1 Å². The molecule has 1 aromatic heterocycles. The van der Waals surface area contributed by atoms with E-state index in [0.717, 1.165) is 37.1 Å². The zero-order valence-corrected chi connectivity index (χ0v) is 31.1. The molecule has 4 unspecified atom stereocenters. The van der Waals surface area contributed by atoms with Crippen LogP contribution in [0.4, 0.5) is 15.3 Å². The number of unbranched alkanes of at least 4 members (excludes halogenated alkanes) is 1. The summed E-state index contributed by atoms with van der Waals surface area (Å²) in [5.74, 6) is -1.06. The Bertz CT molecular complexity index is 1640. The lowest BCUT2D eigenvalue weighted by Gasteiger charge is -2.16. The van der Waals surface area contributed by atoms with Gasteiger partial charge in [0.25, 0.3) is 5.69 Å². The Labute approximate surface area is 320 Å². The van der Waals surface area contributed by atoms with Gasteiger partial charge in [0.1, 0.15) is 6.10 Å². The van der Waals surface area contributed by atoms with Crippen molar-refractivity contribution in [2.24, 2.45) is 0 Å². The predicted molar refractivity (Wildman–Crippen MR) is 195 cm³/mol. The molecule has 0 radical (unpaired) electrons. The minimum atomic E-state index is -1.35. The Morgan fingerprint density at radius 2 is 1.56 bits per heavy atom. The van der Waals surface area contributed by atoms with Crippen LogP contribution in [-0.2, 0) is 35.1 Å². The number of urea groups is 1. The molecule has 0 spiro atoms. The molecule has 2 aromatic rings. The molecule has 302 valence electrons. The van der Waals surface area contributed by atoms with E-state index in [9.17, 15) is 44.3 Å². The Morgan fingerprint density at radius 1 is 0.927 bits per heavy atom. The van der Waals surface area contributed by atoms with Gasteiger partial charge in [-0.15, -0.1) is 4.73 Å². The average molecular weight is 794 g/mol. The maximum absolute atomic E-state index is 12.4. The van der Waals surface area contributed by atoms with Crippen LogP contribution >= 0.6 is 11.8 Å². The van der Waals surface area contributed by atoms with Gasteiger partial charge >= 0.3 is 12.2 Å². The van der Waals surface area contributed by atoms with Crippen LogP contribution in [0.2, 0.25) is 0 Å². The number of hydrogen-bond donors (Lipinski definition) is 7. The normalized spacial score (nSPS) is 17.7. The first kappa shape index (κ1) is 42.5. The smallest absolute Gasteiger partial charge is 0.492 e. The first-order valence-corrected chi connectivity index (χ1v) is 18.9. The summed E-state index contributed by atoms with van der Waals surface area (Å²) in [5.41, 5.74) is 0.0996. The summed E-state index contributed by atoms with van der Waals surface area (Å²) in [4.78, 5) is 75.9. The number of carbonyl (C=O) groups is 5. The molecule has 3 heterocycles. The van der Waals surface area contributed by atoms with Crippen molar-refractivity contribution in [3.8, 4) is 11.8 Å². The molecule has 4 rings (SSSR count). The molecule has 0 saturated carbocycles. The molecule has 55 heavy (non-hydrogen) atoms. The largest absolute Gasteiger partial charge is 0.534 e. The second-order valence-corrected chi connectivity index (χ2v) is 13.9. The molecule has 2 aliphatic rings. The van der Waals surface area contributed by atoms with Crippen LogP contribution in [0.25, 0.3) is 0 Å². The van der Waals surface area contributed by atoms with E-state index in [1.165, 1.54) is 25.1 Å². The van der Waals surface area contributed by atoms with Crippen molar-refractivity contribution < 1.29 is 58.2 Å². The molecular formula is C34H47N7O13S. The van der Waals surface area contributed by atoms with E-state index in [0.29, 0.717) is 48.3 Å². The summed E-state index contributed by atoms with van der Waals surface area (Å²) in [6.45, 7) is 3.14. The molecule has 2 aliphatic heterocycles. The van der Waals surface area contributed by atoms with Crippen LogP contribution in [0.3, 0.4) is 0 Å². The number of nitrogens with one attached hydrogen (secondary N) is 5. The molecule has 0 bridgehead atoms. The van der Waals surface area contributed by atoms with E-state index in [1.807, 2.05) is 11.8 Å². The van der Waals surface area contributed by atoms with E-state index < -0.39 is 34.8 Å². The Morgan fingerprint density at radius 3 is 2.22 bits per heavy atom. The summed E-state index contributed by atoms with van der Waals surface area (Å²) >= 11 is 1.86. The number of hydrogen-bond acceptors (Lipinski definition) is 14. The summed E-state index contributed by atoms with van der Waals surface area (Å²) in [6, 6.07) is 6.41. The Kier molecular flexibility index (Phi) is 16.7. The first-order valence-electron chi connectivity index (χ1n) is 17.8. The number of nitro benzene ring substituents is 1. The van der Waals surface area contributed by atoms with Crippen molar-refractivity contribution in [3.63, 3.8) is 0 Å². The highest BCUT2D eigenvalue weighted by molar-refractivity contribution is 8.00. The van der Waals surface area contributed by atoms with Crippen LogP contribution in [0.1, 0.15) is 62.7 Å². The number of rotatable bonds is 23. The third-order valence-electron chi connectivity index (χ3n) is 8.62. The molecule has 21 heteroatoms. The quantitative estimate of drug-likeness (QED) is 0.0277. The van der Waals surface area contributed by atoms with Gasteiger partial charge in [0.2, 0.25) is 29.5 Å². The highest BCUT2D eigenvalue weighted by Gasteiger charge is 2.42. The van der Waals surface area contributed by atoms with Gasteiger partial charge in [-0.25, -0.2) is 9.59 Å². The third-order valence-corrected chi connectivity index (χ3v) is 10.1. The number of amides is 5. The zero-order chi connectivity index (χ0) is 39.7. The first-order chi connectivity index (χ1) is 26.4. The summed E-state index contributed by atoms with van der Waals surface area (Å²) < 4.78 is 16.4. The topological polar surface area (TPSA) is 271 Å². The molecule has 5 amide bonds. The van der Waals surface area contributed by atoms with Crippen molar-refractivity contribution in [3.05, 3.63) is 51.6 Å². The highest BCUT2D eigenvalue weighted by atomic mass is 32.2. The van der Waals surface area contributed by atoms with Gasteiger partial charge in [-0.05, 0) is 31.4 Å². The lowest BCUT2D eigenvalue weighted by molar-refractivity contribution is -0.386. The van der Waals surface area contributed by atoms with Crippen LogP contribution in [-0.4, -0.2) is 112 Å². The number of aromatic nitrogens is 1. The number of nitro groups is 1. The summed E-state index contributed by atoms with van der Waals surface area (Å²) in [7, 11) is 0. The number of aromatic hydroxyl groups is 2. The number of benzene rings is 1. The van der Waals surface area contributed by atoms with E-state index in [4.69, 9.17) is 19.0 Å². The van der Waals surface area contributed by atoms with Gasteiger partial charge in [0.15, 0.2) is 0 Å². The fraction of sp³-hybridized carbons (Fsp3) is 0.559. The average Bonchev–Trinajstić information content (AvgIpc) is 3.81. The Balaban J connectivity index is 0.990. The van der Waals surface area contributed by atoms with E-state index in [-0.39, 0.29) is 73.7 Å². The maximum atomic E-state index is 12.4. The van der Waals surface area contributed by atoms with Crippen LogP contribution in [0.15, 0.2) is 30.3 Å². The second kappa shape index (κ2) is 21.6. The number of ether oxygens (including phenoxy) is 3. The van der Waals surface area contributed by atoms with Gasteiger partial charge in [-0.1, -0.05) is 12.5 Å². The van der Waals surface area contributed by atoms with Crippen molar-refractivity contribution in [1.29, 1.82) is 0 Å². The standard InChI is InChI=1S/C34H47N7O13S/c1-21(53-34(48)54-40-30(45)10-11-31(40)46)23-18-22(6-7-25(23)41(49)50)19-37-29(44)9-8-28(43)36-13-15-52-17-16-51-14-12-35-27(42)5-3-2-4-26-32-24(20-55-26)38-33(47)39-32/h6-7,10-11,18,21,24,26,32,45-46H,2-5,8-9,12-17,19-20H2,1H3,(H,35,42)(H,36,43)(H,37,44)(H2,38,39,47). The fourth-order valence-corrected chi connectivity index (χ4v) is 7.36. The molecule has 20 nitrogen and oxygen atoms in total. The maximum Gasteiger partial charge on any atom is 0.534 e. The third kappa shape index (κ3) is 13.8. The van der Waals surface area contributed by atoms with Crippen molar-refractivity contribution in [2.45, 2.75) is 75.4 Å². The lowest BCUT2D eigenvalue weighted by Crippen LogP contribution is -2.36. The number of thioether (sulfide) groups is 1. The minimum absolute atomic E-state index is 0.00222. The zero-order valence-electron chi connectivity index (χ0n) is 30.3. The number of carbonyl (C=O) groups excluding carboxylic acids is 5. The van der Waals surface area contributed by atoms with Gasteiger partial charge in [-0.2, -0.15) is 11.8 Å². The molecule has 7 N–H and O–H groups in total. The van der Waals surface area contributed by atoms with E-state index in [1.54, 1.807) is 0 Å². The molecule has 2 saturated heterocycles. The molecule has 0 aliphatic carbocycles. The number of nitrogens with zero attached hydrogens (tertiary/aromatic N) is 2.